The second kappa shape index (κ2) is 5.92. The average Bonchev–Trinajstić information content (AvgIpc) is 2.56. The van der Waals surface area contributed by atoms with Crippen LogP contribution in [0.15, 0.2) is 66.2 Å². The predicted octanol–water partition coefficient (Wildman–Crippen LogP) is 2.39. The van der Waals surface area contributed by atoms with E-state index in [1.807, 2.05) is 30.3 Å². The molecule has 3 rings (SSSR count). The highest BCUT2D eigenvalue weighted by Gasteiger charge is 2.03. The predicted molar refractivity (Wildman–Crippen MR) is 81.0 cm³/mol. The molecular formula is C16H12N4O. The zero-order valence-corrected chi connectivity index (χ0v) is 11.1. The Hall–Kier alpha value is -3.08. The first-order valence-corrected chi connectivity index (χ1v) is 6.42. The Morgan fingerprint density at radius 1 is 1.10 bits per heavy atom. The smallest absolute Gasteiger partial charge is 0.267 e. The first-order valence-electron chi connectivity index (χ1n) is 6.42. The van der Waals surface area contributed by atoms with Gasteiger partial charge in [0.2, 0.25) is 0 Å². The average molecular weight is 276 g/mol. The summed E-state index contributed by atoms with van der Waals surface area (Å²) in [6.45, 7) is 0. The van der Waals surface area contributed by atoms with Gasteiger partial charge in [0.1, 0.15) is 0 Å². The van der Waals surface area contributed by atoms with Crippen LogP contribution in [-0.4, -0.2) is 22.1 Å². The molecule has 0 saturated carbocycles. The molecule has 0 aliphatic rings. The van der Waals surface area contributed by atoms with Crippen molar-refractivity contribution in [3.05, 3.63) is 72.2 Å². The summed E-state index contributed by atoms with van der Waals surface area (Å²) in [5.41, 5.74) is 4.73. The van der Waals surface area contributed by atoms with Crippen molar-refractivity contribution in [3.8, 4) is 0 Å². The molecule has 5 nitrogen and oxygen atoms in total. The van der Waals surface area contributed by atoms with E-state index >= 15 is 0 Å². The maximum absolute atomic E-state index is 11.8. The number of pyridine rings is 2. The summed E-state index contributed by atoms with van der Waals surface area (Å²) < 4.78 is 0. The number of nitrogens with zero attached hydrogens (tertiary/aromatic N) is 3. The minimum Gasteiger partial charge on any atom is -0.267 e. The Balaban J connectivity index is 1.78. The molecule has 0 aliphatic heterocycles. The molecule has 0 aliphatic carbocycles. The van der Waals surface area contributed by atoms with E-state index in [1.54, 1.807) is 30.7 Å². The minimum absolute atomic E-state index is 0.294. The van der Waals surface area contributed by atoms with Crippen molar-refractivity contribution in [2.45, 2.75) is 0 Å². The van der Waals surface area contributed by atoms with E-state index in [0.29, 0.717) is 5.56 Å². The number of carbonyl (C=O) groups excluding carboxylic acids is 1. The molecule has 2 heterocycles. The Morgan fingerprint density at radius 2 is 2.00 bits per heavy atom. The van der Waals surface area contributed by atoms with Crippen molar-refractivity contribution >= 4 is 23.0 Å². The van der Waals surface area contributed by atoms with Crippen LogP contribution in [0.3, 0.4) is 0 Å². The third-order valence-electron chi connectivity index (χ3n) is 2.98. The number of hydrogen-bond donors (Lipinski definition) is 1. The number of rotatable bonds is 3. The monoisotopic (exact) mass is 276 g/mol. The van der Waals surface area contributed by atoms with Crippen LogP contribution in [0.5, 0.6) is 0 Å². The minimum atomic E-state index is -0.294. The van der Waals surface area contributed by atoms with Crippen molar-refractivity contribution in [1.82, 2.24) is 15.4 Å². The lowest BCUT2D eigenvalue weighted by molar-refractivity contribution is 0.0955. The molecule has 2 aromatic heterocycles. The first-order chi connectivity index (χ1) is 10.3. The number of carbonyl (C=O) groups is 1. The molecule has 1 N–H and O–H groups in total. The lowest BCUT2D eigenvalue weighted by atomic mass is 10.1. The van der Waals surface area contributed by atoms with Crippen LogP contribution in [0.2, 0.25) is 0 Å². The van der Waals surface area contributed by atoms with E-state index in [2.05, 4.69) is 20.5 Å². The summed E-state index contributed by atoms with van der Waals surface area (Å²) in [5, 5.41) is 4.97. The fourth-order valence-electron chi connectivity index (χ4n) is 1.95. The van der Waals surface area contributed by atoms with Crippen LogP contribution in [0, 0.1) is 0 Å². The molecule has 0 spiro atoms. The highest BCUT2D eigenvalue weighted by molar-refractivity contribution is 5.99. The molecule has 0 radical (unpaired) electrons. The van der Waals surface area contributed by atoms with Gasteiger partial charge in [-0.3, -0.25) is 14.8 Å². The van der Waals surface area contributed by atoms with Crippen molar-refractivity contribution < 1.29 is 4.79 Å². The van der Waals surface area contributed by atoms with Gasteiger partial charge in [0.05, 0.1) is 17.3 Å². The first kappa shape index (κ1) is 12.9. The number of hydrogen-bond acceptors (Lipinski definition) is 4. The van der Waals surface area contributed by atoms with E-state index < -0.39 is 0 Å². The fourth-order valence-corrected chi connectivity index (χ4v) is 1.95. The molecule has 0 saturated heterocycles. The molecule has 5 heteroatoms. The highest BCUT2D eigenvalue weighted by Crippen LogP contribution is 2.14. The standard InChI is InChI=1S/C16H12N4O/c21-16(13-4-3-8-17-10-13)20-19-11-12-7-9-18-15-6-2-1-5-14(12)15/h1-11H,(H,20,21). The SMILES string of the molecule is O=C(NN=Cc1ccnc2ccccc12)c1cccnc1. The van der Waals surface area contributed by atoms with Gasteiger partial charge in [-0.05, 0) is 24.3 Å². The van der Waals surface area contributed by atoms with E-state index in [0.717, 1.165) is 16.5 Å². The fraction of sp³-hybridized carbons (Fsp3) is 0. The Morgan fingerprint density at radius 3 is 2.86 bits per heavy atom. The number of fused-ring (bicyclic) bond motifs is 1. The topological polar surface area (TPSA) is 67.2 Å². The number of hydrazone groups is 1. The van der Waals surface area contributed by atoms with E-state index in [-0.39, 0.29) is 5.91 Å². The van der Waals surface area contributed by atoms with E-state index in [9.17, 15) is 4.79 Å². The summed E-state index contributed by atoms with van der Waals surface area (Å²) in [6.07, 6.45) is 6.43. The largest absolute Gasteiger partial charge is 0.272 e. The summed E-state index contributed by atoms with van der Waals surface area (Å²) in [5.74, 6) is -0.294. The van der Waals surface area contributed by atoms with Gasteiger partial charge in [-0.1, -0.05) is 18.2 Å². The summed E-state index contributed by atoms with van der Waals surface area (Å²) in [7, 11) is 0. The number of nitrogens with one attached hydrogen (secondary N) is 1. The van der Waals surface area contributed by atoms with Gasteiger partial charge in [-0.15, -0.1) is 0 Å². The maximum atomic E-state index is 11.8. The van der Waals surface area contributed by atoms with Gasteiger partial charge < -0.3 is 0 Å². The highest BCUT2D eigenvalue weighted by atomic mass is 16.2. The van der Waals surface area contributed by atoms with Gasteiger partial charge in [0.15, 0.2) is 0 Å². The Bertz CT molecular complexity index is 794. The Kier molecular flexibility index (Phi) is 3.64. The molecule has 0 bridgehead atoms. The van der Waals surface area contributed by atoms with Crippen molar-refractivity contribution in [1.29, 1.82) is 0 Å². The van der Waals surface area contributed by atoms with Gasteiger partial charge in [-0.25, -0.2) is 5.43 Å². The number of amides is 1. The van der Waals surface area contributed by atoms with Crippen LogP contribution in [0.4, 0.5) is 0 Å². The molecule has 0 unspecified atom stereocenters. The molecule has 21 heavy (non-hydrogen) atoms. The lowest BCUT2D eigenvalue weighted by Crippen LogP contribution is -2.17. The summed E-state index contributed by atoms with van der Waals surface area (Å²) in [4.78, 5) is 20.0. The van der Waals surface area contributed by atoms with Gasteiger partial charge in [-0.2, -0.15) is 5.10 Å². The van der Waals surface area contributed by atoms with Crippen LogP contribution in [0.25, 0.3) is 10.9 Å². The summed E-state index contributed by atoms with van der Waals surface area (Å²) in [6, 6.07) is 13.0. The van der Waals surface area contributed by atoms with Crippen LogP contribution < -0.4 is 5.43 Å². The van der Waals surface area contributed by atoms with Crippen molar-refractivity contribution in [3.63, 3.8) is 0 Å². The van der Waals surface area contributed by atoms with Crippen LogP contribution in [0.1, 0.15) is 15.9 Å². The van der Waals surface area contributed by atoms with Gasteiger partial charge in [0.25, 0.3) is 5.91 Å². The Labute approximate surface area is 121 Å². The molecule has 102 valence electrons. The third-order valence-corrected chi connectivity index (χ3v) is 2.98. The van der Waals surface area contributed by atoms with Crippen LogP contribution in [-0.2, 0) is 0 Å². The van der Waals surface area contributed by atoms with Crippen LogP contribution >= 0.6 is 0 Å². The molecule has 3 aromatic rings. The van der Waals surface area contributed by atoms with Gasteiger partial charge >= 0.3 is 0 Å². The molecule has 1 aromatic carbocycles. The van der Waals surface area contributed by atoms with Gasteiger partial charge in [0, 0.05) is 29.5 Å². The number of aromatic nitrogens is 2. The zero-order valence-electron chi connectivity index (χ0n) is 11.1. The second-order valence-corrected chi connectivity index (χ2v) is 4.36. The lowest BCUT2D eigenvalue weighted by Gasteiger charge is -2.01. The van der Waals surface area contributed by atoms with Crippen molar-refractivity contribution in [2.75, 3.05) is 0 Å². The summed E-state index contributed by atoms with van der Waals surface area (Å²) >= 11 is 0. The maximum Gasteiger partial charge on any atom is 0.272 e. The molecular weight excluding hydrogens is 264 g/mol. The molecule has 1 amide bonds. The quantitative estimate of drug-likeness (QED) is 0.590. The molecule has 0 atom stereocenters. The normalized spacial score (nSPS) is 10.9. The number of para-hydroxylation sites is 1. The number of benzene rings is 1. The van der Waals surface area contributed by atoms with E-state index in [1.165, 1.54) is 6.20 Å². The van der Waals surface area contributed by atoms with E-state index in [4.69, 9.17) is 0 Å². The second-order valence-electron chi connectivity index (χ2n) is 4.36. The third kappa shape index (κ3) is 2.92. The zero-order chi connectivity index (χ0) is 14.5. The molecule has 0 fully saturated rings. The van der Waals surface area contributed by atoms with Crippen molar-refractivity contribution in [2.24, 2.45) is 5.10 Å².